The quantitative estimate of drug-likeness (QED) is 0.563. The summed E-state index contributed by atoms with van der Waals surface area (Å²) in [7, 11) is -0.841. The van der Waals surface area contributed by atoms with E-state index in [-0.39, 0.29) is 22.7 Å². The molecular formula is C25H39O3Si. The molecule has 0 aromatic heterocycles. The van der Waals surface area contributed by atoms with E-state index in [2.05, 4.69) is 40.8 Å². The number of allylic oxidation sites excluding steroid dienone is 2. The predicted molar refractivity (Wildman–Crippen MR) is 118 cm³/mol. The van der Waals surface area contributed by atoms with Crippen LogP contribution in [0.1, 0.15) is 72.6 Å². The molecule has 0 heterocycles. The minimum Gasteiger partial charge on any atom is -0.416 e. The van der Waals surface area contributed by atoms with Crippen LogP contribution in [0.5, 0.6) is 0 Å². The molecule has 4 aliphatic rings. The maximum absolute atomic E-state index is 13.5. The van der Waals surface area contributed by atoms with Gasteiger partial charge in [0.15, 0.2) is 5.78 Å². The first-order chi connectivity index (χ1) is 13.5. The summed E-state index contributed by atoms with van der Waals surface area (Å²) >= 11 is 0. The monoisotopic (exact) mass is 415 g/mol. The molecule has 0 unspecified atom stereocenters. The molecule has 3 fully saturated rings. The lowest BCUT2D eigenvalue weighted by Crippen LogP contribution is -2.55. The van der Waals surface area contributed by atoms with Crippen LogP contribution in [0.15, 0.2) is 11.6 Å². The van der Waals surface area contributed by atoms with Gasteiger partial charge in [-0.25, -0.2) is 0 Å². The van der Waals surface area contributed by atoms with Gasteiger partial charge in [-0.1, -0.05) is 33.3 Å². The van der Waals surface area contributed by atoms with Gasteiger partial charge in [0, 0.05) is 18.9 Å². The average Bonchev–Trinajstić information content (AvgIpc) is 2.96. The van der Waals surface area contributed by atoms with Crippen molar-refractivity contribution in [3.63, 3.8) is 0 Å². The maximum atomic E-state index is 13.5. The highest BCUT2D eigenvalue weighted by atomic mass is 28.3. The normalized spacial score (nSPS) is 42.4. The van der Waals surface area contributed by atoms with E-state index in [1.54, 1.807) is 0 Å². The first-order valence-electron chi connectivity index (χ1n) is 11.7. The van der Waals surface area contributed by atoms with Crippen molar-refractivity contribution in [1.82, 2.24) is 0 Å². The summed E-state index contributed by atoms with van der Waals surface area (Å²) in [5.41, 5.74) is 1.46. The van der Waals surface area contributed by atoms with Gasteiger partial charge in [-0.05, 0) is 86.3 Å². The molecule has 0 bridgehead atoms. The van der Waals surface area contributed by atoms with Gasteiger partial charge in [0.25, 0.3) is 0 Å². The molecule has 3 saturated carbocycles. The SMILES string of the molecule is C[Si](C)OC[C@]12CC[C@H]3[C@@H](C(=O)C=C4C[C@@H](C(C)(C)C)CC[C@@]43C)[C@@H]1CCC2=O. The molecule has 1 radical (unpaired) electrons. The minimum atomic E-state index is -0.841. The summed E-state index contributed by atoms with van der Waals surface area (Å²) in [4.78, 5) is 26.5. The second-order valence-electron chi connectivity index (χ2n) is 11.9. The van der Waals surface area contributed by atoms with Crippen LogP contribution in [-0.4, -0.2) is 27.2 Å². The molecule has 29 heavy (non-hydrogen) atoms. The minimum absolute atomic E-state index is 0.0307. The smallest absolute Gasteiger partial charge is 0.204 e. The standard InChI is InChI=1S/C25H39O3Si/c1-23(2,3)16-9-11-24(4)17(13-16)14-20(26)22-18(24)10-12-25(15-28-29(5)6)19(22)7-8-21(25)27/h14,16,18-19,22H,7-13,15H2,1-6H3/t16-,18-,19-,22+,24-,25+/m0/s1. The zero-order chi connectivity index (χ0) is 21.2. The summed E-state index contributed by atoms with van der Waals surface area (Å²) in [5.74, 6) is 1.98. The Hall–Kier alpha value is -0.743. The number of hydrogen-bond donors (Lipinski definition) is 0. The number of ketones is 2. The van der Waals surface area contributed by atoms with Crippen molar-refractivity contribution in [1.29, 1.82) is 0 Å². The molecule has 3 nitrogen and oxygen atoms in total. The van der Waals surface area contributed by atoms with Crippen LogP contribution in [0.3, 0.4) is 0 Å². The zero-order valence-electron chi connectivity index (χ0n) is 19.3. The Morgan fingerprint density at radius 2 is 1.83 bits per heavy atom. The predicted octanol–water partition coefficient (Wildman–Crippen LogP) is 5.61. The van der Waals surface area contributed by atoms with Gasteiger partial charge < -0.3 is 4.43 Å². The molecule has 0 spiro atoms. The van der Waals surface area contributed by atoms with Crippen molar-refractivity contribution in [2.24, 2.45) is 39.9 Å². The molecule has 0 aliphatic heterocycles. The molecule has 4 aliphatic carbocycles. The highest BCUT2D eigenvalue weighted by molar-refractivity contribution is 6.48. The van der Waals surface area contributed by atoms with Gasteiger partial charge in [-0.2, -0.15) is 0 Å². The van der Waals surface area contributed by atoms with Crippen LogP contribution in [0.25, 0.3) is 0 Å². The van der Waals surface area contributed by atoms with Gasteiger partial charge in [0.2, 0.25) is 9.04 Å². The van der Waals surface area contributed by atoms with E-state index in [1.165, 1.54) is 18.4 Å². The Kier molecular flexibility index (Phi) is 5.30. The first-order valence-corrected chi connectivity index (χ1v) is 14.1. The maximum Gasteiger partial charge on any atom is 0.204 e. The topological polar surface area (TPSA) is 43.4 Å². The van der Waals surface area contributed by atoms with Crippen LogP contribution in [0.2, 0.25) is 13.1 Å². The van der Waals surface area contributed by atoms with Gasteiger partial charge in [-0.15, -0.1) is 0 Å². The second-order valence-corrected chi connectivity index (χ2v) is 14.0. The number of rotatable bonds is 3. The van der Waals surface area contributed by atoms with Crippen LogP contribution < -0.4 is 0 Å². The van der Waals surface area contributed by atoms with Gasteiger partial charge in [0.1, 0.15) is 5.78 Å². The Morgan fingerprint density at radius 1 is 1.10 bits per heavy atom. The van der Waals surface area contributed by atoms with Gasteiger partial charge in [-0.3, -0.25) is 9.59 Å². The van der Waals surface area contributed by atoms with Crippen molar-refractivity contribution in [3.05, 3.63) is 11.6 Å². The molecule has 0 aromatic carbocycles. The third-order valence-corrected chi connectivity index (χ3v) is 9.96. The van der Waals surface area contributed by atoms with E-state index in [9.17, 15) is 9.59 Å². The molecule has 0 saturated heterocycles. The first kappa shape index (κ1) is 21.5. The number of hydrogen-bond acceptors (Lipinski definition) is 3. The number of fused-ring (bicyclic) bond motifs is 5. The van der Waals surface area contributed by atoms with E-state index in [0.717, 1.165) is 25.7 Å². The summed E-state index contributed by atoms with van der Waals surface area (Å²) in [6.45, 7) is 14.3. The van der Waals surface area contributed by atoms with E-state index in [0.29, 0.717) is 41.8 Å². The van der Waals surface area contributed by atoms with Crippen molar-refractivity contribution in [2.75, 3.05) is 6.61 Å². The Bertz CT molecular complexity index is 733. The largest absolute Gasteiger partial charge is 0.416 e. The third-order valence-electron chi connectivity index (χ3n) is 9.23. The average molecular weight is 416 g/mol. The number of carbonyl (C=O) groups excluding carboxylic acids is 2. The molecule has 6 atom stereocenters. The van der Waals surface area contributed by atoms with Gasteiger partial charge >= 0.3 is 0 Å². The van der Waals surface area contributed by atoms with E-state index >= 15 is 0 Å². The summed E-state index contributed by atoms with van der Waals surface area (Å²) in [6.07, 6.45) is 9.00. The van der Waals surface area contributed by atoms with Crippen molar-refractivity contribution < 1.29 is 14.0 Å². The van der Waals surface area contributed by atoms with Crippen LogP contribution in [0, 0.1) is 39.9 Å². The molecule has 0 amide bonds. The van der Waals surface area contributed by atoms with E-state index < -0.39 is 9.04 Å². The highest BCUT2D eigenvalue weighted by Crippen LogP contribution is 2.64. The summed E-state index contributed by atoms with van der Waals surface area (Å²) in [6, 6.07) is 0. The summed E-state index contributed by atoms with van der Waals surface area (Å²) < 4.78 is 6.11. The molecule has 4 rings (SSSR count). The Balaban J connectivity index is 1.66. The van der Waals surface area contributed by atoms with Crippen molar-refractivity contribution in [2.45, 2.75) is 85.7 Å². The zero-order valence-corrected chi connectivity index (χ0v) is 20.3. The lowest BCUT2D eigenvalue weighted by molar-refractivity contribution is -0.144. The number of carbonyl (C=O) groups is 2. The summed E-state index contributed by atoms with van der Waals surface area (Å²) in [5, 5.41) is 0. The molecule has 0 aromatic rings. The lowest BCUT2D eigenvalue weighted by Gasteiger charge is -2.57. The van der Waals surface area contributed by atoms with E-state index in [4.69, 9.17) is 4.43 Å². The molecule has 4 heteroatoms. The Labute approximate surface area is 178 Å². The molecular weight excluding hydrogens is 376 g/mol. The van der Waals surface area contributed by atoms with Gasteiger partial charge in [0.05, 0.1) is 5.41 Å². The third kappa shape index (κ3) is 3.33. The highest BCUT2D eigenvalue weighted by Gasteiger charge is 2.62. The van der Waals surface area contributed by atoms with Crippen LogP contribution in [0.4, 0.5) is 0 Å². The molecule has 0 N–H and O–H groups in total. The fourth-order valence-corrected chi connectivity index (χ4v) is 7.82. The lowest BCUT2D eigenvalue weighted by atomic mass is 9.46. The Morgan fingerprint density at radius 3 is 2.48 bits per heavy atom. The second kappa shape index (κ2) is 7.15. The number of Topliss-reactive ketones (excluding diaryl/α,β-unsaturated/α-hetero) is 1. The fourth-order valence-electron chi connectivity index (χ4n) is 7.27. The van der Waals surface area contributed by atoms with Crippen molar-refractivity contribution >= 4 is 20.6 Å². The van der Waals surface area contributed by atoms with Crippen LogP contribution in [-0.2, 0) is 14.0 Å². The molecule has 161 valence electrons. The van der Waals surface area contributed by atoms with Crippen molar-refractivity contribution in [3.8, 4) is 0 Å². The fraction of sp³-hybridized carbons (Fsp3) is 0.840. The van der Waals surface area contributed by atoms with E-state index in [1.807, 2.05) is 6.08 Å². The van der Waals surface area contributed by atoms with Crippen LogP contribution >= 0.6 is 0 Å².